The van der Waals surface area contributed by atoms with Gasteiger partial charge in [-0.15, -0.1) is 0 Å². The molecule has 0 aliphatic heterocycles. The second kappa shape index (κ2) is 7.94. The normalized spacial score (nSPS) is 11.3. The zero-order valence-corrected chi connectivity index (χ0v) is 14.3. The zero-order valence-electron chi connectivity index (χ0n) is 13.5. The summed E-state index contributed by atoms with van der Waals surface area (Å²) >= 11 is 0. The molecular weight excluding hydrogens is 328 g/mol. The molecule has 2 aromatic carbocycles. The fraction of sp³-hybridized carbons (Fsp3) is 0.235. The lowest BCUT2D eigenvalue weighted by atomic mass is 10.2. The Morgan fingerprint density at radius 2 is 1.67 bits per heavy atom. The number of benzene rings is 2. The van der Waals surface area contributed by atoms with E-state index in [1.807, 2.05) is 13.8 Å². The minimum absolute atomic E-state index is 0.0750. The average molecular weight is 348 g/mol. The van der Waals surface area contributed by atoms with Crippen molar-refractivity contribution < 1.29 is 18.0 Å². The summed E-state index contributed by atoms with van der Waals surface area (Å²) < 4.78 is 27.1. The number of para-hydroxylation sites is 1. The van der Waals surface area contributed by atoms with E-state index in [0.717, 1.165) is 0 Å². The number of carbonyl (C=O) groups is 1. The molecule has 2 N–H and O–H groups in total. The van der Waals surface area contributed by atoms with Crippen LogP contribution in [0.2, 0.25) is 0 Å². The van der Waals surface area contributed by atoms with E-state index in [1.165, 1.54) is 24.3 Å². The first-order valence-electron chi connectivity index (χ1n) is 7.48. The molecule has 0 radical (unpaired) electrons. The smallest absolute Gasteiger partial charge is 0.274 e. The number of hydroxylamine groups is 1. The van der Waals surface area contributed by atoms with E-state index in [2.05, 4.69) is 10.2 Å². The molecule has 6 nitrogen and oxygen atoms in total. The van der Waals surface area contributed by atoms with Crippen molar-refractivity contribution in [3.63, 3.8) is 0 Å². The van der Waals surface area contributed by atoms with Gasteiger partial charge in [-0.25, -0.2) is 13.9 Å². The van der Waals surface area contributed by atoms with Gasteiger partial charge in [-0.1, -0.05) is 32.0 Å². The Kier molecular flexibility index (Phi) is 5.94. The summed E-state index contributed by atoms with van der Waals surface area (Å²) in [6.07, 6.45) is 0. The molecule has 0 aliphatic carbocycles. The van der Waals surface area contributed by atoms with Gasteiger partial charge < -0.3 is 0 Å². The van der Waals surface area contributed by atoms with Crippen molar-refractivity contribution in [1.29, 1.82) is 0 Å². The van der Waals surface area contributed by atoms with E-state index in [0.29, 0.717) is 23.8 Å². The third-order valence-corrected chi connectivity index (χ3v) is 4.43. The molecule has 0 unspecified atom stereocenters. The molecule has 2 aromatic rings. The Morgan fingerprint density at radius 1 is 1.04 bits per heavy atom. The maximum Gasteiger partial charge on any atom is 0.274 e. The second-order valence-corrected chi connectivity index (χ2v) is 7.31. The monoisotopic (exact) mass is 348 g/mol. The van der Waals surface area contributed by atoms with Crippen molar-refractivity contribution in [3.05, 3.63) is 60.2 Å². The van der Waals surface area contributed by atoms with Gasteiger partial charge in [-0.2, -0.15) is 0 Å². The molecule has 0 atom stereocenters. The molecule has 0 heterocycles. The average Bonchev–Trinajstić information content (AvgIpc) is 2.55. The highest BCUT2D eigenvalue weighted by Crippen LogP contribution is 2.16. The summed E-state index contributed by atoms with van der Waals surface area (Å²) in [5.74, 6) is -0.127. The van der Waals surface area contributed by atoms with Crippen LogP contribution in [0.15, 0.2) is 59.5 Å². The summed E-state index contributed by atoms with van der Waals surface area (Å²) in [4.78, 5) is 17.0. The van der Waals surface area contributed by atoms with Gasteiger partial charge in [-0.05, 0) is 42.3 Å². The molecule has 0 saturated heterocycles. The molecular formula is C17H20N2O4S. The second-order valence-electron chi connectivity index (χ2n) is 5.63. The maximum atomic E-state index is 12.3. The molecule has 0 spiro atoms. The first-order valence-corrected chi connectivity index (χ1v) is 8.97. The maximum absolute atomic E-state index is 12.3. The van der Waals surface area contributed by atoms with Gasteiger partial charge in [0, 0.05) is 11.3 Å². The molecule has 128 valence electrons. The first kappa shape index (κ1) is 18.0. The number of carbonyl (C=O) groups excluding carboxylic acids is 1. The van der Waals surface area contributed by atoms with Crippen LogP contribution in [-0.2, 0) is 14.9 Å². The van der Waals surface area contributed by atoms with E-state index < -0.39 is 15.9 Å². The first-order chi connectivity index (χ1) is 11.4. The predicted molar refractivity (Wildman–Crippen MR) is 91.9 cm³/mol. The fourth-order valence-corrected chi connectivity index (χ4v) is 2.90. The number of anilines is 1. The van der Waals surface area contributed by atoms with Gasteiger partial charge in [0.15, 0.2) is 0 Å². The van der Waals surface area contributed by atoms with E-state index in [4.69, 9.17) is 4.84 Å². The Balaban J connectivity index is 2.04. The highest BCUT2D eigenvalue weighted by Gasteiger charge is 2.15. The summed E-state index contributed by atoms with van der Waals surface area (Å²) in [5.41, 5.74) is 3.11. The molecule has 0 bridgehead atoms. The molecule has 0 saturated carbocycles. The van der Waals surface area contributed by atoms with Crippen LogP contribution in [-0.4, -0.2) is 20.9 Å². The molecule has 24 heavy (non-hydrogen) atoms. The number of nitrogens with one attached hydrogen (secondary N) is 2. The van der Waals surface area contributed by atoms with Gasteiger partial charge in [0.25, 0.3) is 15.9 Å². The lowest BCUT2D eigenvalue weighted by Gasteiger charge is -2.10. The summed E-state index contributed by atoms with van der Waals surface area (Å²) in [6, 6.07) is 14.2. The third kappa shape index (κ3) is 5.07. The van der Waals surface area contributed by atoms with Crippen LogP contribution in [0.25, 0.3) is 0 Å². The number of hydrogen-bond donors (Lipinski definition) is 2. The van der Waals surface area contributed by atoms with Gasteiger partial charge in [-0.3, -0.25) is 14.4 Å². The molecule has 1 amide bonds. The Hall–Kier alpha value is -2.38. The number of sulfonamides is 1. The quantitative estimate of drug-likeness (QED) is 0.754. The standard InChI is InChI=1S/C17H20N2O4S/c1-13(2)12-23-18-17(20)14-8-10-16(11-9-14)24(21,22)19-15-6-4-3-5-7-15/h3-11,13,19H,12H2,1-2H3,(H,18,20). The zero-order chi connectivity index (χ0) is 17.6. The van der Waals surface area contributed by atoms with Crippen molar-refractivity contribution in [2.24, 2.45) is 5.92 Å². The van der Waals surface area contributed by atoms with E-state index in [-0.39, 0.29) is 4.90 Å². The van der Waals surface area contributed by atoms with Crippen molar-refractivity contribution in [2.75, 3.05) is 11.3 Å². The topological polar surface area (TPSA) is 84.5 Å². The van der Waals surface area contributed by atoms with E-state index >= 15 is 0 Å². The fourth-order valence-electron chi connectivity index (χ4n) is 1.84. The third-order valence-electron chi connectivity index (χ3n) is 3.03. The van der Waals surface area contributed by atoms with Crippen LogP contribution in [0.5, 0.6) is 0 Å². The number of amides is 1. The van der Waals surface area contributed by atoms with E-state index in [1.54, 1.807) is 30.3 Å². The van der Waals surface area contributed by atoms with Crippen molar-refractivity contribution in [2.45, 2.75) is 18.7 Å². The minimum Gasteiger partial charge on any atom is -0.280 e. The van der Waals surface area contributed by atoms with Crippen LogP contribution in [0.3, 0.4) is 0 Å². The van der Waals surface area contributed by atoms with Crippen LogP contribution in [0, 0.1) is 5.92 Å². The minimum atomic E-state index is -3.70. The SMILES string of the molecule is CC(C)CONC(=O)c1ccc(S(=O)(=O)Nc2ccccc2)cc1. The Labute approximate surface area is 141 Å². The Bertz CT molecular complexity index is 772. The molecule has 0 aliphatic rings. The van der Waals surface area contributed by atoms with Crippen molar-refractivity contribution in [3.8, 4) is 0 Å². The lowest BCUT2D eigenvalue weighted by Crippen LogP contribution is -2.25. The number of hydrogen-bond acceptors (Lipinski definition) is 4. The highest BCUT2D eigenvalue weighted by atomic mass is 32.2. The molecule has 0 fully saturated rings. The van der Waals surface area contributed by atoms with Crippen molar-refractivity contribution >= 4 is 21.6 Å². The van der Waals surface area contributed by atoms with Gasteiger partial charge in [0.2, 0.25) is 0 Å². The highest BCUT2D eigenvalue weighted by molar-refractivity contribution is 7.92. The van der Waals surface area contributed by atoms with Gasteiger partial charge in [0.05, 0.1) is 11.5 Å². The van der Waals surface area contributed by atoms with Crippen LogP contribution < -0.4 is 10.2 Å². The number of rotatable bonds is 7. The van der Waals surface area contributed by atoms with Crippen LogP contribution >= 0.6 is 0 Å². The predicted octanol–water partition coefficient (Wildman–Crippen LogP) is 2.80. The van der Waals surface area contributed by atoms with Crippen LogP contribution in [0.1, 0.15) is 24.2 Å². The van der Waals surface area contributed by atoms with Crippen LogP contribution in [0.4, 0.5) is 5.69 Å². The lowest BCUT2D eigenvalue weighted by molar-refractivity contribution is 0.0208. The molecule has 2 rings (SSSR count). The van der Waals surface area contributed by atoms with Gasteiger partial charge in [0.1, 0.15) is 0 Å². The molecule has 7 heteroatoms. The summed E-state index contributed by atoms with van der Waals surface area (Å²) in [5, 5.41) is 0. The van der Waals surface area contributed by atoms with E-state index in [9.17, 15) is 13.2 Å². The van der Waals surface area contributed by atoms with Gasteiger partial charge >= 0.3 is 0 Å². The summed E-state index contributed by atoms with van der Waals surface area (Å²) in [6.45, 7) is 4.33. The summed E-state index contributed by atoms with van der Waals surface area (Å²) in [7, 11) is -3.70. The molecule has 0 aromatic heterocycles. The Morgan fingerprint density at radius 3 is 2.25 bits per heavy atom. The van der Waals surface area contributed by atoms with Crippen molar-refractivity contribution in [1.82, 2.24) is 5.48 Å². The largest absolute Gasteiger partial charge is 0.280 e.